The van der Waals surface area contributed by atoms with Crippen LogP contribution in [0.2, 0.25) is 0 Å². The van der Waals surface area contributed by atoms with Crippen molar-refractivity contribution in [2.45, 2.75) is 49.6 Å². The van der Waals surface area contributed by atoms with Crippen molar-refractivity contribution in [1.82, 2.24) is 10.3 Å². The van der Waals surface area contributed by atoms with Crippen LogP contribution in [0.5, 0.6) is 0 Å². The second kappa shape index (κ2) is 12.5. The number of alkyl halides is 6. The summed E-state index contributed by atoms with van der Waals surface area (Å²) in [6.07, 6.45) is -0.0943. The zero-order chi connectivity index (χ0) is 35.5. The first-order valence-electron chi connectivity index (χ1n) is 16.9. The number of H-pyrrole nitrogens is 1. The van der Waals surface area contributed by atoms with Gasteiger partial charge in [0, 0.05) is 28.6 Å². The van der Waals surface area contributed by atoms with E-state index in [1.807, 2.05) is 60.7 Å². The van der Waals surface area contributed by atoms with E-state index in [4.69, 9.17) is 5.73 Å². The highest BCUT2D eigenvalue weighted by atomic mass is 19.4. The van der Waals surface area contributed by atoms with Crippen molar-refractivity contribution in [2.24, 2.45) is 0 Å². The summed E-state index contributed by atoms with van der Waals surface area (Å²) in [5, 5.41) is 4.72. The lowest BCUT2D eigenvalue weighted by Gasteiger charge is -2.43. The molecule has 2 aliphatic carbocycles. The molecule has 51 heavy (non-hydrogen) atoms. The van der Waals surface area contributed by atoms with Gasteiger partial charge in [-0.1, -0.05) is 91.0 Å². The Balaban J connectivity index is 1.41. The molecule has 0 spiro atoms. The minimum Gasteiger partial charge on any atom is -0.399 e. The number of hydrogen-bond donors (Lipinski definition) is 3. The van der Waals surface area contributed by atoms with Crippen LogP contribution in [0.25, 0.3) is 27.7 Å². The number of allylic oxidation sites excluding steroid dienone is 2. The summed E-state index contributed by atoms with van der Waals surface area (Å²) >= 11 is 0. The van der Waals surface area contributed by atoms with E-state index < -0.39 is 29.5 Å². The first-order chi connectivity index (χ1) is 24.5. The zero-order valence-corrected chi connectivity index (χ0v) is 27.2. The largest absolute Gasteiger partial charge is 0.417 e. The molecule has 2 heterocycles. The molecule has 4 aromatic carbocycles. The highest BCUT2D eigenvalue weighted by Crippen LogP contribution is 2.52. The molecule has 8 rings (SSSR count). The Morgan fingerprint density at radius 3 is 2.04 bits per heavy atom. The molecule has 1 fully saturated rings. The predicted molar refractivity (Wildman–Crippen MR) is 190 cm³/mol. The Morgan fingerprint density at radius 2 is 1.37 bits per heavy atom. The highest BCUT2D eigenvalue weighted by molar-refractivity contribution is 5.93. The van der Waals surface area contributed by atoms with Gasteiger partial charge < -0.3 is 10.7 Å². The van der Waals surface area contributed by atoms with E-state index in [1.165, 1.54) is 36.4 Å². The molecule has 3 atom stereocenters. The Labute approximate surface area is 290 Å². The van der Waals surface area contributed by atoms with E-state index >= 15 is 0 Å². The van der Waals surface area contributed by atoms with Crippen molar-refractivity contribution >= 4 is 22.2 Å². The number of nitrogens with one attached hydrogen (secondary N) is 2. The van der Waals surface area contributed by atoms with E-state index in [-0.39, 0.29) is 35.1 Å². The number of benzene rings is 4. The predicted octanol–water partition coefficient (Wildman–Crippen LogP) is 11.0. The average Bonchev–Trinajstić information content (AvgIpc) is 3.50. The second-order valence-electron chi connectivity index (χ2n) is 13.3. The Kier molecular flexibility index (Phi) is 8.06. The third-order valence-electron chi connectivity index (χ3n) is 10.3. The highest BCUT2D eigenvalue weighted by Gasteiger charge is 2.43. The molecule has 3 unspecified atom stereocenters. The fraction of sp³-hybridized carbons (Fsp3) is 0.190. The summed E-state index contributed by atoms with van der Waals surface area (Å²) in [5.41, 5.74) is 10.4. The van der Waals surface area contributed by atoms with Gasteiger partial charge in [-0.2, -0.15) is 26.3 Å². The molecule has 1 aliphatic heterocycles. The second-order valence-corrected chi connectivity index (χ2v) is 13.3. The number of aromatic amines is 1. The number of para-hydroxylation sites is 1. The first kappa shape index (κ1) is 32.9. The van der Waals surface area contributed by atoms with Crippen LogP contribution < -0.4 is 11.1 Å². The fourth-order valence-electron chi connectivity index (χ4n) is 8.12. The van der Waals surface area contributed by atoms with Gasteiger partial charge in [0.2, 0.25) is 0 Å². The molecule has 0 bridgehead atoms. The van der Waals surface area contributed by atoms with Gasteiger partial charge in [-0.05, 0) is 94.1 Å². The third kappa shape index (κ3) is 5.89. The number of hydrogen-bond acceptors (Lipinski definition) is 2. The number of nitrogen functional groups attached to an aromatic ring is 1. The smallest absolute Gasteiger partial charge is 0.399 e. The number of anilines is 1. The topological polar surface area (TPSA) is 53.8 Å². The molecule has 0 radical (unpaired) electrons. The number of nitrogens with two attached hydrogens (primary N) is 1. The molecule has 9 heteroatoms. The van der Waals surface area contributed by atoms with Gasteiger partial charge in [0.25, 0.3) is 0 Å². The minimum atomic E-state index is -4.80. The van der Waals surface area contributed by atoms with Crippen molar-refractivity contribution in [3.63, 3.8) is 0 Å². The molecular weight excluding hydrogens is 660 g/mol. The maximum absolute atomic E-state index is 14.7. The average molecular weight is 694 g/mol. The van der Waals surface area contributed by atoms with E-state index in [1.54, 1.807) is 0 Å². The lowest BCUT2D eigenvalue weighted by atomic mass is 9.68. The van der Waals surface area contributed by atoms with Gasteiger partial charge in [0.1, 0.15) is 0 Å². The number of rotatable bonds is 4. The van der Waals surface area contributed by atoms with Crippen molar-refractivity contribution in [1.29, 1.82) is 0 Å². The molecule has 3 aliphatic rings. The summed E-state index contributed by atoms with van der Waals surface area (Å²) in [6, 6.07) is 24.7. The minimum absolute atomic E-state index is 0.0332. The lowest BCUT2D eigenvalue weighted by molar-refractivity contribution is -0.138. The zero-order valence-electron chi connectivity index (χ0n) is 27.2. The van der Waals surface area contributed by atoms with Gasteiger partial charge in [0.05, 0.1) is 22.9 Å². The van der Waals surface area contributed by atoms with E-state index in [9.17, 15) is 26.3 Å². The molecule has 0 amide bonds. The number of aromatic nitrogens is 1. The van der Waals surface area contributed by atoms with Crippen molar-refractivity contribution in [3.05, 3.63) is 166 Å². The SMILES string of the molecule is Nc1ccc(-c2[nH]c3ccccc3c2C2CCC(=C(c3ccccc3C(F)(F)F)c3ccccc3C(F)(F)F)C3NC4CC=CC=C4C=C32)cc1. The summed E-state index contributed by atoms with van der Waals surface area (Å²) in [6.45, 7) is 0. The van der Waals surface area contributed by atoms with Crippen LogP contribution in [0.1, 0.15) is 53.0 Å². The van der Waals surface area contributed by atoms with Gasteiger partial charge in [0.15, 0.2) is 0 Å². The van der Waals surface area contributed by atoms with Crippen molar-refractivity contribution < 1.29 is 26.3 Å². The summed E-state index contributed by atoms with van der Waals surface area (Å²) < 4.78 is 88.3. The molecule has 4 N–H and O–H groups in total. The van der Waals surface area contributed by atoms with Crippen LogP contribution in [0.15, 0.2) is 138 Å². The summed E-state index contributed by atoms with van der Waals surface area (Å²) in [4.78, 5) is 3.61. The van der Waals surface area contributed by atoms with Crippen LogP contribution in [0.3, 0.4) is 0 Å². The molecule has 1 aromatic heterocycles. The standard InChI is InChI=1S/C42H33F6N3/c43-41(44,45)33-13-5-2-10-28(33)37(29-11-3-6-14-34(29)42(46,47)48)31-22-21-27(32-23-25-9-1-7-15-35(25)50-40(31)32)38-30-12-4-8-16-36(30)51-39(38)24-17-19-26(49)20-18-24/h1-14,16-20,23,27,35,40,50-51H,15,21-22,49H2. The quantitative estimate of drug-likeness (QED) is 0.130. The van der Waals surface area contributed by atoms with Crippen LogP contribution in [-0.2, 0) is 12.4 Å². The Hall–Kier alpha value is -5.28. The van der Waals surface area contributed by atoms with Crippen LogP contribution in [-0.4, -0.2) is 17.1 Å². The normalized spacial score (nSPS) is 20.4. The number of fused-ring (bicyclic) bond motifs is 3. The lowest BCUT2D eigenvalue weighted by Crippen LogP contribution is -2.48. The number of halogens is 6. The van der Waals surface area contributed by atoms with Crippen LogP contribution >= 0.6 is 0 Å². The van der Waals surface area contributed by atoms with Crippen LogP contribution in [0, 0.1) is 0 Å². The Morgan fingerprint density at radius 1 is 0.745 bits per heavy atom. The summed E-state index contributed by atoms with van der Waals surface area (Å²) in [5.74, 6) is -0.209. The fourth-order valence-corrected chi connectivity index (χ4v) is 8.12. The van der Waals surface area contributed by atoms with Crippen molar-refractivity contribution in [2.75, 3.05) is 5.73 Å². The van der Waals surface area contributed by atoms with Crippen LogP contribution in [0.4, 0.5) is 32.0 Å². The Bertz CT molecular complexity index is 2210. The van der Waals surface area contributed by atoms with Gasteiger partial charge in [-0.15, -0.1) is 0 Å². The molecule has 1 saturated carbocycles. The van der Waals surface area contributed by atoms with Gasteiger partial charge >= 0.3 is 12.4 Å². The monoisotopic (exact) mass is 693 g/mol. The van der Waals surface area contributed by atoms with Gasteiger partial charge in [-0.3, -0.25) is 5.32 Å². The molecule has 5 aromatic rings. The summed E-state index contributed by atoms with van der Waals surface area (Å²) in [7, 11) is 0. The van der Waals surface area contributed by atoms with E-state index in [2.05, 4.69) is 22.4 Å². The third-order valence-corrected chi connectivity index (χ3v) is 10.3. The van der Waals surface area contributed by atoms with E-state index in [0.29, 0.717) is 24.1 Å². The maximum Gasteiger partial charge on any atom is 0.417 e. The molecule has 3 nitrogen and oxygen atoms in total. The molecule has 0 saturated heterocycles. The van der Waals surface area contributed by atoms with Gasteiger partial charge in [-0.25, -0.2) is 0 Å². The van der Waals surface area contributed by atoms with Crippen molar-refractivity contribution in [3.8, 4) is 11.3 Å². The molecule has 258 valence electrons. The maximum atomic E-state index is 14.7. The van der Waals surface area contributed by atoms with E-state index in [0.717, 1.165) is 51.0 Å². The first-order valence-corrected chi connectivity index (χ1v) is 16.9. The molecular formula is C42H33F6N3.